The van der Waals surface area contributed by atoms with Crippen molar-refractivity contribution in [3.63, 3.8) is 0 Å². The number of phenolic OH excluding ortho intramolecular Hbond substituents is 1. The van der Waals surface area contributed by atoms with Crippen LogP contribution in [0.15, 0.2) is 48.2 Å². The van der Waals surface area contributed by atoms with E-state index in [1.807, 2.05) is 12.1 Å². The molecule has 5 nitrogen and oxygen atoms in total. The fraction of sp³-hybridized carbons (Fsp3) is 0.118. The lowest BCUT2D eigenvalue weighted by molar-refractivity contribution is 0.0912. The largest absolute Gasteiger partial charge is 0.506 e. The van der Waals surface area contributed by atoms with Crippen molar-refractivity contribution in [2.75, 3.05) is 6.54 Å². The minimum atomic E-state index is -0.919. The van der Waals surface area contributed by atoms with E-state index >= 15 is 0 Å². The second-order valence-corrected chi connectivity index (χ2v) is 8.92. The molecule has 1 atom stereocenters. The molecule has 0 aliphatic rings. The predicted octanol–water partition coefficient (Wildman–Crippen LogP) is 5.39. The summed E-state index contributed by atoms with van der Waals surface area (Å²) in [4.78, 5) is 15.5. The number of aromatic hydroxyl groups is 1. The Kier molecular flexibility index (Phi) is 6.13. The number of rotatable bonds is 4. The van der Waals surface area contributed by atoms with Crippen LogP contribution in [0.3, 0.4) is 0 Å². The zero-order valence-corrected chi connectivity index (χ0v) is 19.3. The van der Waals surface area contributed by atoms with E-state index in [0.29, 0.717) is 20.2 Å². The van der Waals surface area contributed by atoms with Gasteiger partial charge in [-0.1, -0.05) is 0 Å². The predicted molar refractivity (Wildman–Crippen MR) is 114 cm³/mol. The molecular formula is C17H12Br4N2O3. The topological polar surface area (TPSA) is 85.3 Å². The number of halogens is 4. The first-order valence-electron chi connectivity index (χ1n) is 7.39. The molecule has 1 unspecified atom stereocenters. The van der Waals surface area contributed by atoms with E-state index in [1.165, 1.54) is 0 Å². The first-order chi connectivity index (χ1) is 12.3. The summed E-state index contributed by atoms with van der Waals surface area (Å²) >= 11 is 13.4. The van der Waals surface area contributed by atoms with E-state index in [9.17, 15) is 15.0 Å². The number of carbonyl (C=O) groups is 1. The Morgan fingerprint density at radius 1 is 1.08 bits per heavy atom. The van der Waals surface area contributed by atoms with Gasteiger partial charge in [-0.3, -0.25) is 4.79 Å². The number of hydrogen-bond donors (Lipinski definition) is 4. The smallest absolute Gasteiger partial charge is 0.267 e. The summed E-state index contributed by atoms with van der Waals surface area (Å²) in [6, 6.07) is 8.72. The molecule has 0 bridgehead atoms. The van der Waals surface area contributed by atoms with Gasteiger partial charge in [-0.15, -0.1) is 0 Å². The quantitative estimate of drug-likeness (QED) is 0.319. The van der Waals surface area contributed by atoms with Gasteiger partial charge >= 0.3 is 0 Å². The van der Waals surface area contributed by atoms with Crippen LogP contribution >= 0.6 is 63.7 Å². The summed E-state index contributed by atoms with van der Waals surface area (Å²) in [5.41, 5.74) is 1.79. The normalized spacial score (nSPS) is 12.3. The van der Waals surface area contributed by atoms with Gasteiger partial charge in [-0.05, 0) is 99.6 Å². The maximum absolute atomic E-state index is 12.4. The van der Waals surface area contributed by atoms with Crippen LogP contribution in [-0.4, -0.2) is 27.6 Å². The van der Waals surface area contributed by atoms with Crippen molar-refractivity contribution in [3.8, 4) is 5.75 Å². The highest BCUT2D eigenvalue weighted by molar-refractivity contribution is 9.13. The standard InChI is InChI=1S/C17H12Br4N2O3/c18-9-1-2-12-8(15(9)21)5-13(23-12)17(26)22-6-14(24)7-3-10(19)16(25)11(20)4-7/h1-5,14,23-25H,6H2,(H,22,26). The summed E-state index contributed by atoms with van der Waals surface area (Å²) in [5.74, 6) is -0.264. The Balaban J connectivity index is 1.73. The van der Waals surface area contributed by atoms with Crippen LogP contribution in [0, 0.1) is 0 Å². The van der Waals surface area contributed by atoms with Crippen LogP contribution in [0.25, 0.3) is 10.9 Å². The second-order valence-electron chi connectivity index (χ2n) is 5.56. The van der Waals surface area contributed by atoms with E-state index in [2.05, 4.69) is 74.0 Å². The van der Waals surface area contributed by atoms with Crippen LogP contribution in [0.4, 0.5) is 0 Å². The molecule has 4 N–H and O–H groups in total. The molecule has 3 rings (SSSR count). The minimum Gasteiger partial charge on any atom is -0.506 e. The summed E-state index contributed by atoms with van der Waals surface area (Å²) in [5, 5.41) is 23.6. The van der Waals surface area contributed by atoms with Gasteiger partial charge in [0.15, 0.2) is 0 Å². The summed E-state index contributed by atoms with van der Waals surface area (Å²) < 4.78 is 2.68. The summed E-state index contributed by atoms with van der Waals surface area (Å²) in [6.07, 6.45) is -0.919. The maximum Gasteiger partial charge on any atom is 0.267 e. The molecule has 0 aliphatic carbocycles. The first-order valence-corrected chi connectivity index (χ1v) is 10.6. The van der Waals surface area contributed by atoms with Crippen molar-refractivity contribution >= 4 is 80.5 Å². The van der Waals surface area contributed by atoms with Gasteiger partial charge in [0.25, 0.3) is 5.91 Å². The maximum atomic E-state index is 12.4. The van der Waals surface area contributed by atoms with E-state index in [-0.39, 0.29) is 18.2 Å². The molecule has 3 aromatic rings. The molecule has 0 spiro atoms. The lowest BCUT2D eigenvalue weighted by Gasteiger charge is -2.13. The van der Waals surface area contributed by atoms with Gasteiger partial charge in [0, 0.05) is 26.4 Å². The van der Waals surface area contributed by atoms with E-state index < -0.39 is 6.10 Å². The Hall–Kier alpha value is -0.870. The molecule has 2 aromatic carbocycles. The highest BCUT2D eigenvalue weighted by Crippen LogP contribution is 2.35. The van der Waals surface area contributed by atoms with Crippen LogP contribution in [0.5, 0.6) is 5.75 Å². The van der Waals surface area contributed by atoms with Crippen LogP contribution < -0.4 is 5.32 Å². The number of carbonyl (C=O) groups excluding carboxylic acids is 1. The molecule has 136 valence electrons. The Bertz CT molecular complexity index is 980. The molecule has 1 amide bonds. The number of H-pyrrole nitrogens is 1. The zero-order chi connectivity index (χ0) is 19.0. The summed E-state index contributed by atoms with van der Waals surface area (Å²) in [6.45, 7) is 0.0305. The third kappa shape index (κ3) is 4.01. The molecule has 1 aromatic heterocycles. The number of aliphatic hydroxyl groups is 1. The number of hydrogen-bond acceptors (Lipinski definition) is 3. The van der Waals surface area contributed by atoms with Crippen molar-refractivity contribution < 1.29 is 15.0 Å². The monoisotopic (exact) mass is 608 g/mol. The third-order valence-corrected chi connectivity index (χ3v) is 7.07. The van der Waals surface area contributed by atoms with Gasteiger partial charge in [-0.25, -0.2) is 0 Å². The Morgan fingerprint density at radius 2 is 1.73 bits per heavy atom. The number of amides is 1. The van der Waals surface area contributed by atoms with Gasteiger partial charge in [0.2, 0.25) is 0 Å². The number of aromatic amines is 1. The van der Waals surface area contributed by atoms with Gasteiger partial charge in [0.1, 0.15) is 11.4 Å². The van der Waals surface area contributed by atoms with E-state index in [4.69, 9.17) is 0 Å². The first kappa shape index (κ1) is 19.9. The van der Waals surface area contributed by atoms with Crippen LogP contribution in [0.2, 0.25) is 0 Å². The number of nitrogens with one attached hydrogen (secondary N) is 2. The third-order valence-electron chi connectivity index (χ3n) is 3.82. The molecular weight excluding hydrogens is 600 g/mol. The Morgan fingerprint density at radius 3 is 2.38 bits per heavy atom. The van der Waals surface area contributed by atoms with Crippen molar-refractivity contribution in [2.24, 2.45) is 0 Å². The number of phenols is 1. The highest BCUT2D eigenvalue weighted by atomic mass is 79.9. The van der Waals surface area contributed by atoms with Gasteiger partial charge < -0.3 is 20.5 Å². The molecule has 0 radical (unpaired) electrons. The molecule has 1 heterocycles. The fourth-order valence-corrected chi connectivity index (χ4v) is 4.47. The lowest BCUT2D eigenvalue weighted by atomic mass is 10.1. The fourth-order valence-electron chi connectivity index (χ4n) is 2.44. The van der Waals surface area contributed by atoms with Crippen molar-refractivity contribution in [1.29, 1.82) is 0 Å². The minimum absolute atomic E-state index is 0.0305. The van der Waals surface area contributed by atoms with Crippen molar-refractivity contribution in [2.45, 2.75) is 6.10 Å². The lowest BCUT2D eigenvalue weighted by Crippen LogP contribution is -2.28. The number of fused-ring (bicyclic) bond motifs is 1. The van der Waals surface area contributed by atoms with Gasteiger partial charge in [0.05, 0.1) is 15.0 Å². The number of benzene rings is 2. The van der Waals surface area contributed by atoms with E-state index in [0.717, 1.165) is 19.8 Å². The average molecular weight is 612 g/mol. The van der Waals surface area contributed by atoms with Crippen molar-refractivity contribution in [3.05, 3.63) is 59.5 Å². The molecule has 26 heavy (non-hydrogen) atoms. The highest BCUT2D eigenvalue weighted by Gasteiger charge is 2.16. The molecule has 0 saturated heterocycles. The molecule has 9 heteroatoms. The Labute approximate surface area is 182 Å². The van der Waals surface area contributed by atoms with Crippen molar-refractivity contribution in [1.82, 2.24) is 10.3 Å². The second kappa shape index (κ2) is 8.02. The SMILES string of the molecule is O=C(NCC(O)c1cc(Br)c(O)c(Br)c1)c1cc2c(Br)c(Br)ccc2[nH]1. The number of aromatic nitrogens is 1. The van der Waals surface area contributed by atoms with Gasteiger partial charge in [-0.2, -0.15) is 0 Å². The molecule has 0 fully saturated rings. The average Bonchev–Trinajstić information content (AvgIpc) is 3.05. The zero-order valence-electron chi connectivity index (χ0n) is 13.0. The summed E-state index contributed by atoms with van der Waals surface area (Å²) in [7, 11) is 0. The molecule has 0 aliphatic heterocycles. The van der Waals surface area contributed by atoms with Crippen LogP contribution in [0.1, 0.15) is 22.2 Å². The number of aliphatic hydroxyl groups excluding tert-OH is 1. The van der Waals surface area contributed by atoms with Crippen LogP contribution in [-0.2, 0) is 0 Å². The van der Waals surface area contributed by atoms with E-state index in [1.54, 1.807) is 18.2 Å². The molecule has 0 saturated carbocycles.